The zero-order chi connectivity index (χ0) is 15.6. The van der Waals surface area contributed by atoms with Crippen molar-refractivity contribution in [3.05, 3.63) is 45.2 Å². The maximum Gasteiger partial charge on any atom is 0.173 e. The fraction of sp³-hybridized carbons (Fsp3) is 0.286. The number of oxime groups is 1. The molecule has 0 aliphatic heterocycles. The first-order valence-corrected chi connectivity index (χ1v) is 7.11. The molecular weight excluding hydrogens is 336 g/mol. The number of amidine groups is 1. The summed E-state index contributed by atoms with van der Waals surface area (Å²) in [5.74, 6) is 0.576. The Kier molecular flexibility index (Phi) is 4.52. The molecule has 1 heterocycles. The molecule has 0 atom stereocenters. The molecule has 2 aromatic rings. The van der Waals surface area contributed by atoms with E-state index >= 15 is 0 Å². The average molecular weight is 353 g/mol. The van der Waals surface area contributed by atoms with Crippen molar-refractivity contribution in [2.45, 2.75) is 20.4 Å². The third-order valence-corrected chi connectivity index (χ3v) is 4.42. The zero-order valence-electron chi connectivity index (χ0n) is 12.1. The van der Waals surface area contributed by atoms with Crippen LogP contribution in [0.2, 0.25) is 0 Å². The van der Waals surface area contributed by atoms with Crippen molar-refractivity contribution < 1.29 is 9.94 Å². The van der Waals surface area contributed by atoms with Gasteiger partial charge >= 0.3 is 0 Å². The minimum absolute atomic E-state index is 0.0169. The Morgan fingerprint density at radius 2 is 2.19 bits per heavy atom. The monoisotopic (exact) mass is 352 g/mol. The van der Waals surface area contributed by atoms with E-state index in [1.807, 2.05) is 30.7 Å². The van der Waals surface area contributed by atoms with E-state index < -0.39 is 0 Å². The topological polar surface area (TPSA) is 85.7 Å². The van der Waals surface area contributed by atoms with E-state index in [2.05, 4.69) is 26.2 Å². The highest BCUT2D eigenvalue weighted by Crippen LogP contribution is 2.23. The van der Waals surface area contributed by atoms with Gasteiger partial charge in [0.2, 0.25) is 0 Å². The Labute approximate surface area is 131 Å². The van der Waals surface area contributed by atoms with Gasteiger partial charge in [0.1, 0.15) is 5.75 Å². The van der Waals surface area contributed by atoms with E-state index in [-0.39, 0.29) is 5.84 Å². The Hall–Kier alpha value is -2.02. The fourth-order valence-corrected chi connectivity index (χ4v) is 2.39. The summed E-state index contributed by atoms with van der Waals surface area (Å²) in [5, 5.41) is 16.4. The molecule has 0 spiro atoms. The molecule has 6 nitrogen and oxygen atoms in total. The van der Waals surface area contributed by atoms with Crippen molar-refractivity contribution >= 4 is 21.8 Å². The highest BCUT2D eigenvalue weighted by Gasteiger charge is 2.12. The third kappa shape index (κ3) is 3.02. The van der Waals surface area contributed by atoms with Crippen LogP contribution in [0.25, 0.3) is 0 Å². The lowest BCUT2D eigenvalue weighted by molar-refractivity contribution is 0.318. The van der Waals surface area contributed by atoms with Crippen molar-refractivity contribution in [3.63, 3.8) is 0 Å². The molecule has 112 valence electrons. The summed E-state index contributed by atoms with van der Waals surface area (Å²) in [7, 11) is 1.54. The van der Waals surface area contributed by atoms with Crippen LogP contribution in [0.4, 0.5) is 0 Å². The molecule has 7 heteroatoms. The summed E-state index contributed by atoms with van der Waals surface area (Å²) in [6.45, 7) is 4.54. The number of hydrogen-bond acceptors (Lipinski definition) is 4. The Bertz CT molecular complexity index is 695. The van der Waals surface area contributed by atoms with Crippen LogP contribution in [-0.4, -0.2) is 27.9 Å². The molecule has 1 aromatic carbocycles. The van der Waals surface area contributed by atoms with Gasteiger partial charge in [-0.05, 0) is 47.5 Å². The Balaban J connectivity index is 2.39. The first-order chi connectivity index (χ1) is 9.97. The van der Waals surface area contributed by atoms with Crippen LogP contribution in [0.3, 0.4) is 0 Å². The number of nitrogens with zero attached hydrogens (tertiary/aromatic N) is 3. The van der Waals surface area contributed by atoms with Crippen LogP contribution in [0, 0.1) is 13.8 Å². The van der Waals surface area contributed by atoms with E-state index in [0.29, 0.717) is 17.9 Å². The molecule has 0 aliphatic rings. The van der Waals surface area contributed by atoms with E-state index in [0.717, 1.165) is 21.4 Å². The number of methoxy groups -OCH3 is 1. The number of benzene rings is 1. The molecule has 0 radical (unpaired) electrons. The van der Waals surface area contributed by atoms with Crippen LogP contribution in [0.5, 0.6) is 5.75 Å². The maximum absolute atomic E-state index is 8.86. The molecule has 1 aromatic heterocycles. The molecule has 0 aliphatic carbocycles. The second-order valence-electron chi connectivity index (χ2n) is 4.66. The van der Waals surface area contributed by atoms with Gasteiger partial charge in [0, 0.05) is 0 Å². The summed E-state index contributed by atoms with van der Waals surface area (Å²) < 4.78 is 8.13. The van der Waals surface area contributed by atoms with E-state index in [4.69, 9.17) is 15.7 Å². The zero-order valence-corrected chi connectivity index (χ0v) is 13.7. The molecular formula is C14H17BrN4O2. The van der Waals surface area contributed by atoms with Gasteiger partial charge in [-0.2, -0.15) is 5.10 Å². The fourth-order valence-electron chi connectivity index (χ4n) is 2.11. The average Bonchev–Trinajstić information content (AvgIpc) is 2.73. The summed E-state index contributed by atoms with van der Waals surface area (Å²) in [4.78, 5) is 0. The van der Waals surface area contributed by atoms with Crippen molar-refractivity contribution in [1.29, 1.82) is 0 Å². The molecule has 0 bridgehead atoms. The van der Waals surface area contributed by atoms with Crippen LogP contribution < -0.4 is 10.5 Å². The number of aromatic nitrogens is 2. The van der Waals surface area contributed by atoms with Crippen LogP contribution in [0.1, 0.15) is 22.5 Å². The molecule has 21 heavy (non-hydrogen) atoms. The van der Waals surface area contributed by atoms with E-state index in [1.165, 1.54) is 0 Å². The van der Waals surface area contributed by atoms with Gasteiger partial charge in [0.15, 0.2) is 5.84 Å². The van der Waals surface area contributed by atoms with Gasteiger partial charge in [0.25, 0.3) is 0 Å². The summed E-state index contributed by atoms with van der Waals surface area (Å²) in [6, 6.07) is 5.55. The molecule has 2 rings (SSSR count). The normalized spacial score (nSPS) is 11.7. The first kappa shape index (κ1) is 15.4. The van der Waals surface area contributed by atoms with Gasteiger partial charge in [-0.3, -0.25) is 4.68 Å². The van der Waals surface area contributed by atoms with Gasteiger partial charge in [0.05, 0.1) is 35.1 Å². The summed E-state index contributed by atoms with van der Waals surface area (Å²) in [5.41, 5.74) is 9.21. The minimum atomic E-state index is 0.0169. The number of nitrogens with two attached hydrogens (primary N) is 1. The highest BCUT2D eigenvalue weighted by molar-refractivity contribution is 9.10. The molecule has 3 N–H and O–H groups in total. The van der Waals surface area contributed by atoms with E-state index in [1.54, 1.807) is 13.2 Å². The van der Waals surface area contributed by atoms with Crippen molar-refractivity contribution in [2.24, 2.45) is 10.9 Å². The first-order valence-electron chi connectivity index (χ1n) is 6.32. The van der Waals surface area contributed by atoms with Crippen LogP contribution >= 0.6 is 15.9 Å². The number of hydrogen-bond donors (Lipinski definition) is 2. The lowest BCUT2D eigenvalue weighted by atomic mass is 10.1. The van der Waals surface area contributed by atoms with Crippen molar-refractivity contribution in [2.75, 3.05) is 7.11 Å². The largest absolute Gasteiger partial charge is 0.496 e. The number of aryl methyl sites for hydroxylation is 1. The molecule has 0 saturated carbocycles. The Morgan fingerprint density at radius 1 is 1.48 bits per heavy atom. The Morgan fingerprint density at radius 3 is 2.71 bits per heavy atom. The van der Waals surface area contributed by atoms with Crippen molar-refractivity contribution in [3.8, 4) is 5.75 Å². The second kappa shape index (κ2) is 6.17. The summed E-state index contributed by atoms with van der Waals surface area (Å²) in [6.07, 6.45) is 0. The van der Waals surface area contributed by atoms with Gasteiger partial charge < -0.3 is 15.7 Å². The van der Waals surface area contributed by atoms with Crippen LogP contribution in [0.15, 0.2) is 27.8 Å². The number of rotatable bonds is 4. The van der Waals surface area contributed by atoms with E-state index in [9.17, 15) is 0 Å². The molecule has 0 saturated heterocycles. The smallest absolute Gasteiger partial charge is 0.173 e. The number of halogens is 1. The SMILES string of the molecule is COc1ccc(Cn2nc(C)c(Br)c2C)cc1C(N)=NO. The minimum Gasteiger partial charge on any atom is -0.496 e. The quantitative estimate of drug-likeness (QED) is 0.383. The molecule has 0 amide bonds. The summed E-state index contributed by atoms with van der Waals surface area (Å²) >= 11 is 3.51. The third-order valence-electron chi connectivity index (χ3n) is 3.27. The standard InChI is InChI=1S/C14H17BrN4O2/c1-8-13(15)9(2)19(17-8)7-10-4-5-12(21-3)11(6-10)14(16)18-20/h4-6,20H,7H2,1-3H3,(H2,16,18). The van der Waals surface area contributed by atoms with Gasteiger partial charge in [-0.25, -0.2) is 0 Å². The maximum atomic E-state index is 8.86. The molecule has 0 unspecified atom stereocenters. The highest BCUT2D eigenvalue weighted by atomic mass is 79.9. The van der Waals surface area contributed by atoms with Gasteiger partial charge in [-0.15, -0.1) is 0 Å². The van der Waals surface area contributed by atoms with Crippen molar-refractivity contribution in [1.82, 2.24) is 9.78 Å². The van der Waals surface area contributed by atoms with Crippen LogP contribution in [-0.2, 0) is 6.54 Å². The molecule has 0 fully saturated rings. The predicted molar refractivity (Wildman–Crippen MR) is 84.0 cm³/mol. The lowest BCUT2D eigenvalue weighted by Gasteiger charge is -2.10. The predicted octanol–water partition coefficient (Wildman–Crippen LogP) is 2.41. The lowest BCUT2D eigenvalue weighted by Crippen LogP contribution is -2.15. The number of ether oxygens (including phenoxy) is 1. The van der Waals surface area contributed by atoms with Gasteiger partial charge in [-0.1, -0.05) is 11.2 Å². The second-order valence-corrected chi connectivity index (χ2v) is 5.46.